The Morgan fingerprint density at radius 2 is 2.05 bits per heavy atom. The monoisotopic (exact) mass is 309 g/mol. The summed E-state index contributed by atoms with van der Waals surface area (Å²) in [5.74, 6) is 1.08. The van der Waals surface area contributed by atoms with Gasteiger partial charge in [-0.2, -0.15) is 0 Å². The van der Waals surface area contributed by atoms with Crippen molar-refractivity contribution < 1.29 is 14.2 Å². The van der Waals surface area contributed by atoms with Gasteiger partial charge in [0, 0.05) is 19.6 Å². The highest BCUT2D eigenvalue weighted by Gasteiger charge is 2.16. The summed E-state index contributed by atoms with van der Waals surface area (Å²) >= 11 is 0. The molecule has 0 aromatic heterocycles. The van der Waals surface area contributed by atoms with Gasteiger partial charge in [0.1, 0.15) is 24.3 Å². The second-order valence-corrected chi connectivity index (χ2v) is 5.31. The first-order chi connectivity index (χ1) is 10.7. The van der Waals surface area contributed by atoms with E-state index in [0.717, 1.165) is 25.6 Å². The van der Waals surface area contributed by atoms with Crippen molar-refractivity contribution in [1.82, 2.24) is 10.2 Å². The van der Waals surface area contributed by atoms with Crippen LogP contribution in [0.15, 0.2) is 29.3 Å². The van der Waals surface area contributed by atoms with Crippen LogP contribution in [-0.4, -0.2) is 54.9 Å². The number of aliphatic hydroxyl groups excluding tert-OH is 1. The molecular formula is C16H24FN3O2. The molecule has 1 heterocycles. The lowest BCUT2D eigenvalue weighted by molar-refractivity contribution is 0.114. The van der Waals surface area contributed by atoms with Gasteiger partial charge in [-0.1, -0.05) is 0 Å². The quantitative estimate of drug-likeness (QED) is 0.619. The molecule has 1 aliphatic heterocycles. The molecule has 0 aliphatic carbocycles. The molecule has 1 unspecified atom stereocenters. The first-order valence-corrected chi connectivity index (χ1v) is 7.78. The molecule has 1 atom stereocenters. The maximum Gasteiger partial charge on any atom is 0.194 e. The van der Waals surface area contributed by atoms with Crippen molar-refractivity contribution in [3.63, 3.8) is 0 Å². The molecule has 1 aromatic carbocycles. The van der Waals surface area contributed by atoms with Gasteiger partial charge in [0.2, 0.25) is 0 Å². The summed E-state index contributed by atoms with van der Waals surface area (Å²) in [5, 5.41) is 13.2. The van der Waals surface area contributed by atoms with E-state index in [1.54, 1.807) is 12.1 Å². The Bertz CT molecular complexity index is 473. The first-order valence-electron chi connectivity index (χ1n) is 7.78. The van der Waals surface area contributed by atoms with E-state index in [0.29, 0.717) is 5.75 Å². The van der Waals surface area contributed by atoms with Gasteiger partial charge < -0.3 is 20.1 Å². The van der Waals surface area contributed by atoms with Crippen LogP contribution in [-0.2, 0) is 0 Å². The van der Waals surface area contributed by atoms with E-state index < -0.39 is 6.10 Å². The van der Waals surface area contributed by atoms with Gasteiger partial charge >= 0.3 is 0 Å². The molecular weight excluding hydrogens is 285 g/mol. The first kappa shape index (κ1) is 16.5. The zero-order chi connectivity index (χ0) is 15.8. The van der Waals surface area contributed by atoms with Crippen LogP contribution in [0.1, 0.15) is 19.8 Å². The predicted molar refractivity (Wildman–Crippen MR) is 84.7 cm³/mol. The number of guanidine groups is 1. The molecule has 122 valence electrons. The highest BCUT2D eigenvalue weighted by Crippen LogP contribution is 2.11. The van der Waals surface area contributed by atoms with Gasteiger partial charge in [-0.15, -0.1) is 0 Å². The van der Waals surface area contributed by atoms with Crippen LogP contribution in [0.25, 0.3) is 0 Å². The van der Waals surface area contributed by atoms with Crippen LogP contribution < -0.4 is 10.1 Å². The number of ether oxygens (including phenoxy) is 1. The zero-order valence-corrected chi connectivity index (χ0v) is 13.0. The van der Waals surface area contributed by atoms with Gasteiger partial charge in [-0.25, -0.2) is 4.39 Å². The molecule has 0 spiro atoms. The fourth-order valence-corrected chi connectivity index (χ4v) is 2.32. The lowest BCUT2D eigenvalue weighted by atomic mass is 10.3. The number of hydrogen-bond donors (Lipinski definition) is 2. The highest BCUT2D eigenvalue weighted by molar-refractivity contribution is 5.80. The van der Waals surface area contributed by atoms with Crippen LogP contribution in [0.2, 0.25) is 0 Å². The molecule has 22 heavy (non-hydrogen) atoms. The Hall–Kier alpha value is -1.82. The Balaban J connectivity index is 1.80. The molecule has 2 rings (SSSR count). The molecule has 0 amide bonds. The van der Waals surface area contributed by atoms with Crippen LogP contribution in [0.5, 0.6) is 5.75 Å². The molecule has 1 aromatic rings. The molecule has 1 saturated heterocycles. The number of aliphatic hydroxyl groups is 1. The maximum atomic E-state index is 12.8. The average Bonchev–Trinajstić information content (AvgIpc) is 3.05. The Labute approximate surface area is 130 Å². The zero-order valence-electron chi connectivity index (χ0n) is 13.0. The minimum Gasteiger partial charge on any atom is -0.491 e. The second-order valence-electron chi connectivity index (χ2n) is 5.31. The predicted octanol–water partition coefficient (Wildman–Crippen LogP) is 1.63. The van der Waals surface area contributed by atoms with E-state index in [2.05, 4.69) is 15.2 Å². The third-order valence-electron chi connectivity index (χ3n) is 3.45. The normalized spacial score (nSPS) is 16.7. The molecule has 5 nitrogen and oxygen atoms in total. The number of benzene rings is 1. The number of nitrogens with one attached hydrogen (secondary N) is 1. The largest absolute Gasteiger partial charge is 0.491 e. The summed E-state index contributed by atoms with van der Waals surface area (Å²) in [6, 6.07) is 5.74. The number of rotatable bonds is 6. The Morgan fingerprint density at radius 1 is 1.36 bits per heavy atom. The van der Waals surface area contributed by atoms with Crippen molar-refractivity contribution in [1.29, 1.82) is 0 Å². The van der Waals surface area contributed by atoms with Crippen molar-refractivity contribution in [3.8, 4) is 5.75 Å². The number of hydrogen-bond acceptors (Lipinski definition) is 3. The molecule has 6 heteroatoms. The summed E-state index contributed by atoms with van der Waals surface area (Å²) in [5.41, 5.74) is 0. The second kappa shape index (κ2) is 8.58. The van der Waals surface area contributed by atoms with Gasteiger partial charge in [-0.3, -0.25) is 4.99 Å². The lowest BCUT2D eigenvalue weighted by Crippen LogP contribution is -2.40. The minimum absolute atomic E-state index is 0.133. The minimum atomic E-state index is -0.693. The molecule has 0 radical (unpaired) electrons. The lowest BCUT2D eigenvalue weighted by Gasteiger charge is -2.21. The van der Waals surface area contributed by atoms with Crippen LogP contribution in [0.3, 0.4) is 0 Å². The van der Waals surface area contributed by atoms with Crippen molar-refractivity contribution >= 4 is 5.96 Å². The number of halogens is 1. The fourth-order valence-electron chi connectivity index (χ4n) is 2.32. The van der Waals surface area contributed by atoms with Gasteiger partial charge in [0.25, 0.3) is 0 Å². The van der Waals surface area contributed by atoms with Crippen molar-refractivity contribution in [2.45, 2.75) is 25.9 Å². The van der Waals surface area contributed by atoms with Crippen LogP contribution >= 0.6 is 0 Å². The van der Waals surface area contributed by atoms with Crippen LogP contribution in [0.4, 0.5) is 4.39 Å². The van der Waals surface area contributed by atoms with E-state index >= 15 is 0 Å². The summed E-state index contributed by atoms with van der Waals surface area (Å²) in [6.45, 7) is 5.26. The van der Waals surface area contributed by atoms with E-state index in [1.165, 1.54) is 25.0 Å². The molecule has 0 saturated carbocycles. The van der Waals surface area contributed by atoms with Gasteiger partial charge in [0.15, 0.2) is 5.96 Å². The number of aliphatic imine (C=N–C) groups is 1. The molecule has 2 N–H and O–H groups in total. The maximum absolute atomic E-state index is 12.8. The molecule has 1 fully saturated rings. The number of nitrogens with zero attached hydrogens (tertiary/aromatic N) is 2. The summed E-state index contributed by atoms with van der Waals surface area (Å²) in [4.78, 5) is 6.67. The third-order valence-corrected chi connectivity index (χ3v) is 3.45. The van der Waals surface area contributed by atoms with E-state index in [4.69, 9.17) is 4.74 Å². The summed E-state index contributed by atoms with van der Waals surface area (Å²) < 4.78 is 18.2. The SMILES string of the molecule is CCNC(=NCC(O)COc1ccc(F)cc1)N1CCCC1. The third kappa shape index (κ3) is 5.18. The van der Waals surface area contributed by atoms with Crippen LogP contribution in [0, 0.1) is 5.82 Å². The smallest absolute Gasteiger partial charge is 0.194 e. The molecule has 0 bridgehead atoms. The van der Waals surface area contributed by atoms with Crippen molar-refractivity contribution in [3.05, 3.63) is 30.1 Å². The van der Waals surface area contributed by atoms with Gasteiger partial charge in [0.05, 0.1) is 6.54 Å². The summed E-state index contributed by atoms with van der Waals surface area (Å²) in [6.07, 6.45) is 1.67. The van der Waals surface area contributed by atoms with E-state index in [9.17, 15) is 9.50 Å². The van der Waals surface area contributed by atoms with Crippen molar-refractivity contribution in [2.24, 2.45) is 4.99 Å². The highest BCUT2D eigenvalue weighted by atomic mass is 19.1. The topological polar surface area (TPSA) is 57.1 Å². The standard InChI is InChI=1S/C16H24FN3O2/c1-2-18-16(20-9-3-4-10-20)19-11-14(21)12-22-15-7-5-13(17)6-8-15/h5-8,14,21H,2-4,9-12H2,1H3,(H,18,19). The number of likely N-dealkylation sites (tertiary alicyclic amines) is 1. The summed E-state index contributed by atoms with van der Waals surface area (Å²) in [7, 11) is 0. The van der Waals surface area contributed by atoms with Crippen molar-refractivity contribution in [2.75, 3.05) is 32.8 Å². The Kier molecular flexibility index (Phi) is 6.45. The molecule has 1 aliphatic rings. The fraction of sp³-hybridized carbons (Fsp3) is 0.562. The van der Waals surface area contributed by atoms with E-state index in [1.807, 2.05) is 6.92 Å². The Morgan fingerprint density at radius 3 is 2.68 bits per heavy atom. The van der Waals surface area contributed by atoms with Gasteiger partial charge in [-0.05, 0) is 44.0 Å². The average molecular weight is 309 g/mol. The van der Waals surface area contributed by atoms with E-state index in [-0.39, 0.29) is 19.0 Å².